The average Bonchev–Trinajstić information content (AvgIpc) is 2.48. The lowest BCUT2D eigenvalue weighted by Crippen LogP contribution is -2.54. The summed E-state index contributed by atoms with van der Waals surface area (Å²) in [6, 6.07) is 0. The third-order valence-corrected chi connectivity index (χ3v) is 4.72. The zero-order valence-electron chi connectivity index (χ0n) is 12.2. The lowest BCUT2D eigenvalue weighted by Gasteiger charge is -2.42. The van der Waals surface area contributed by atoms with Gasteiger partial charge in [-0.05, 0) is 44.6 Å². The second kappa shape index (κ2) is 6.71. The summed E-state index contributed by atoms with van der Waals surface area (Å²) in [6.07, 6.45) is 6.26. The Hall–Kier alpha value is -0.610. The van der Waals surface area contributed by atoms with Crippen LogP contribution in [-0.4, -0.2) is 48.7 Å². The maximum Gasteiger partial charge on any atom is 0.230 e. The predicted molar refractivity (Wildman–Crippen MR) is 75.8 cm³/mol. The molecule has 2 rings (SSSR count). The van der Waals surface area contributed by atoms with Crippen LogP contribution in [0.5, 0.6) is 0 Å². The molecule has 0 saturated carbocycles. The smallest absolute Gasteiger partial charge is 0.230 e. The number of aliphatic hydroxyl groups is 1. The van der Waals surface area contributed by atoms with Crippen molar-refractivity contribution in [3.8, 4) is 0 Å². The van der Waals surface area contributed by atoms with Gasteiger partial charge in [-0.1, -0.05) is 13.3 Å². The molecule has 2 atom stereocenters. The zero-order valence-corrected chi connectivity index (χ0v) is 12.2. The average molecular weight is 268 g/mol. The molecule has 0 bridgehead atoms. The minimum atomic E-state index is -0.176. The number of nitrogens with one attached hydrogen (secondary N) is 1. The molecule has 0 aliphatic carbocycles. The summed E-state index contributed by atoms with van der Waals surface area (Å²) in [5.41, 5.74) is -0.176. The van der Waals surface area contributed by atoms with Crippen molar-refractivity contribution in [2.75, 3.05) is 32.8 Å². The molecule has 0 aromatic rings. The van der Waals surface area contributed by atoms with E-state index in [1.54, 1.807) is 0 Å². The zero-order chi connectivity index (χ0) is 13.7. The lowest BCUT2D eigenvalue weighted by molar-refractivity contribution is -0.146. The van der Waals surface area contributed by atoms with E-state index in [0.717, 1.165) is 64.7 Å². The summed E-state index contributed by atoms with van der Waals surface area (Å²) in [5, 5.41) is 12.7. The molecule has 0 radical (unpaired) electrons. The highest BCUT2D eigenvalue weighted by Crippen LogP contribution is 2.35. The van der Waals surface area contributed by atoms with Crippen LogP contribution in [0.4, 0.5) is 0 Å². The van der Waals surface area contributed by atoms with Crippen molar-refractivity contribution >= 4 is 5.91 Å². The van der Waals surface area contributed by atoms with Gasteiger partial charge in [0, 0.05) is 26.2 Å². The first-order valence-electron chi connectivity index (χ1n) is 7.83. The number of amides is 1. The molecule has 2 N–H and O–H groups in total. The number of rotatable bonds is 4. The van der Waals surface area contributed by atoms with Gasteiger partial charge in [-0.15, -0.1) is 0 Å². The van der Waals surface area contributed by atoms with Crippen molar-refractivity contribution in [1.82, 2.24) is 10.2 Å². The fourth-order valence-corrected chi connectivity index (χ4v) is 3.68. The van der Waals surface area contributed by atoms with E-state index in [2.05, 4.69) is 12.2 Å². The Morgan fingerprint density at radius 3 is 2.95 bits per heavy atom. The van der Waals surface area contributed by atoms with Crippen molar-refractivity contribution in [2.24, 2.45) is 11.3 Å². The molecule has 2 aliphatic rings. The number of carbonyl (C=O) groups is 1. The quantitative estimate of drug-likeness (QED) is 0.810. The van der Waals surface area contributed by atoms with Crippen LogP contribution in [0.15, 0.2) is 0 Å². The van der Waals surface area contributed by atoms with Gasteiger partial charge in [-0.2, -0.15) is 0 Å². The molecular formula is C15H28N2O2. The summed E-state index contributed by atoms with van der Waals surface area (Å²) < 4.78 is 0. The van der Waals surface area contributed by atoms with Crippen LogP contribution in [0.3, 0.4) is 0 Å². The minimum absolute atomic E-state index is 0.176. The van der Waals surface area contributed by atoms with E-state index in [1.165, 1.54) is 0 Å². The summed E-state index contributed by atoms with van der Waals surface area (Å²) in [5.74, 6) is 0.618. The molecule has 2 unspecified atom stereocenters. The van der Waals surface area contributed by atoms with Crippen LogP contribution < -0.4 is 5.32 Å². The standard InChI is InChI=1S/C15H28N2O2/c1-2-6-15(7-4-8-16-12-15)14(19)17-9-3-5-13(10-17)11-18/h13,16,18H,2-12H2,1H3. The van der Waals surface area contributed by atoms with Gasteiger partial charge < -0.3 is 15.3 Å². The van der Waals surface area contributed by atoms with Gasteiger partial charge in [0.05, 0.1) is 5.41 Å². The summed E-state index contributed by atoms with van der Waals surface area (Å²) in [6.45, 7) is 5.87. The molecular weight excluding hydrogens is 240 g/mol. The van der Waals surface area contributed by atoms with Gasteiger partial charge in [0.25, 0.3) is 0 Å². The Morgan fingerprint density at radius 1 is 1.47 bits per heavy atom. The summed E-state index contributed by atoms with van der Waals surface area (Å²) >= 11 is 0. The largest absolute Gasteiger partial charge is 0.396 e. The van der Waals surface area contributed by atoms with Gasteiger partial charge >= 0.3 is 0 Å². The number of aliphatic hydroxyl groups excluding tert-OH is 1. The van der Waals surface area contributed by atoms with Crippen molar-refractivity contribution in [1.29, 1.82) is 0 Å². The van der Waals surface area contributed by atoms with Crippen molar-refractivity contribution in [3.63, 3.8) is 0 Å². The predicted octanol–water partition coefficient (Wildman–Crippen LogP) is 1.39. The molecule has 2 saturated heterocycles. The number of piperidine rings is 2. The van der Waals surface area contributed by atoms with Crippen LogP contribution in [0, 0.1) is 11.3 Å². The Morgan fingerprint density at radius 2 is 2.32 bits per heavy atom. The SMILES string of the molecule is CCCC1(C(=O)N2CCCC(CO)C2)CCCNC1. The van der Waals surface area contributed by atoms with Crippen LogP contribution >= 0.6 is 0 Å². The molecule has 2 fully saturated rings. The second-order valence-electron chi connectivity index (χ2n) is 6.25. The molecule has 0 aromatic heterocycles. The molecule has 2 heterocycles. The molecule has 110 valence electrons. The van der Waals surface area contributed by atoms with Crippen LogP contribution in [0.25, 0.3) is 0 Å². The Kier molecular flexibility index (Phi) is 5.22. The third kappa shape index (κ3) is 3.29. The maximum absolute atomic E-state index is 12.9. The van der Waals surface area contributed by atoms with Gasteiger partial charge in [0.2, 0.25) is 5.91 Å². The Labute approximate surface area is 116 Å². The number of likely N-dealkylation sites (tertiary alicyclic amines) is 1. The molecule has 2 aliphatic heterocycles. The first-order chi connectivity index (χ1) is 9.22. The van der Waals surface area contributed by atoms with E-state index in [1.807, 2.05) is 4.90 Å². The third-order valence-electron chi connectivity index (χ3n) is 4.72. The van der Waals surface area contributed by atoms with Gasteiger partial charge in [-0.3, -0.25) is 4.79 Å². The number of hydrogen-bond acceptors (Lipinski definition) is 3. The van der Waals surface area contributed by atoms with E-state index in [4.69, 9.17) is 0 Å². The van der Waals surface area contributed by atoms with Crippen LogP contribution in [0.2, 0.25) is 0 Å². The van der Waals surface area contributed by atoms with E-state index >= 15 is 0 Å². The van der Waals surface area contributed by atoms with Crippen molar-refractivity contribution in [2.45, 2.75) is 45.4 Å². The molecule has 0 aromatic carbocycles. The Balaban J connectivity index is 2.05. The number of hydrogen-bond donors (Lipinski definition) is 2. The monoisotopic (exact) mass is 268 g/mol. The second-order valence-corrected chi connectivity index (χ2v) is 6.25. The van der Waals surface area contributed by atoms with Crippen LogP contribution in [-0.2, 0) is 4.79 Å². The molecule has 1 amide bonds. The van der Waals surface area contributed by atoms with Gasteiger partial charge in [0.15, 0.2) is 0 Å². The number of nitrogens with zero attached hydrogens (tertiary/aromatic N) is 1. The van der Waals surface area contributed by atoms with E-state index in [0.29, 0.717) is 5.91 Å². The van der Waals surface area contributed by atoms with Gasteiger partial charge in [-0.25, -0.2) is 0 Å². The van der Waals surface area contributed by atoms with E-state index in [-0.39, 0.29) is 17.9 Å². The summed E-state index contributed by atoms with van der Waals surface area (Å²) in [7, 11) is 0. The molecule has 4 heteroatoms. The topological polar surface area (TPSA) is 52.6 Å². The molecule has 4 nitrogen and oxygen atoms in total. The van der Waals surface area contributed by atoms with E-state index < -0.39 is 0 Å². The maximum atomic E-state index is 12.9. The fraction of sp³-hybridized carbons (Fsp3) is 0.933. The highest BCUT2D eigenvalue weighted by Gasteiger charge is 2.42. The van der Waals surface area contributed by atoms with Crippen molar-refractivity contribution in [3.05, 3.63) is 0 Å². The first-order valence-corrected chi connectivity index (χ1v) is 7.83. The number of carbonyl (C=O) groups excluding carboxylic acids is 1. The van der Waals surface area contributed by atoms with Gasteiger partial charge in [0.1, 0.15) is 0 Å². The fourth-order valence-electron chi connectivity index (χ4n) is 3.68. The molecule has 0 spiro atoms. The normalized spacial score (nSPS) is 32.3. The van der Waals surface area contributed by atoms with E-state index in [9.17, 15) is 9.90 Å². The van der Waals surface area contributed by atoms with Crippen molar-refractivity contribution < 1.29 is 9.90 Å². The highest BCUT2D eigenvalue weighted by atomic mass is 16.3. The highest BCUT2D eigenvalue weighted by molar-refractivity contribution is 5.83. The lowest BCUT2D eigenvalue weighted by atomic mass is 9.75. The summed E-state index contributed by atoms with van der Waals surface area (Å²) in [4.78, 5) is 15.0. The van der Waals surface area contributed by atoms with Crippen LogP contribution in [0.1, 0.15) is 45.4 Å². The Bertz CT molecular complexity index is 295. The minimum Gasteiger partial charge on any atom is -0.396 e. The first kappa shape index (κ1) is 14.8. The molecule has 19 heavy (non-hydrogen) atoms.